The first-order chi connectivity index (χ1) is 9.74. The molecule has 6 heteroatoms. The van der Waals surface area contributed by atoms with Gasteiger partial charge in [-0.15, -0.1) is 0 Å². The van der Waals surface area contributed by atoms with E-state index in [1.165, 1.54) is 0 Å². The van der Waals surface area contributed by atoms with Gasteiger partial charge in [0.25, 0.3) is 0 Å². The van der Waals surface area contributed by atoms with Crippen molar-refractivity contribution in [3.05, 3.63) is 40.5 Å². The monoisotopic (exact) mass is 351 g/mol. The highest BCUT2D eigenvalue weighted by molar-refractivity contribution is 9.10. The first-order valence-electron chi connectivity index (χ1n) is 6.57. The molecule has 0 unspecified atom stereocenters. The molecule has 0 saturated heterocycles. The lowest BCUT2D eigenvalue weighted by Gasteiger charge is -2.19. The van der Waals surface area contributed by atoms with Crippen molar-refractivity contribution in [1.29, 1.82) is 0 Å². The smallest absolute Gasteiger partial charge is 0.413 e. The third kappa shape index (κ3) is 4.32. The number of nitrogens with one attached hydrogen (secondary N) is 1. The van der Waals surface area contributed by atoms with Crippen LogP contribution in [0.3, 0.4) is 0 Å². The number of aryl methyl sites for hydroxylation is 1. The van der Waals surface area contributed by atoms with E-state index in [1.807, 2.05) is 52.0 Å². The summed E-state index contributed by atoms with van der Waals surface area (Å²) in [4.78, 5) is 11.9. The molecule has 0 fully saturated rings. The molecule has 112 valence electrons. The van der Waals surface area contributed by atoms with Crippen molar-refractivity contribution in [3.8, 4) is 5.69 Å². The molecule has 0 radical (unpaired) electrons. The maximum Gasteiger partial charge on any atom is 0.413 e. The number of anilines is 1. The van der Waals surface area contributed by atoms with Gasteiger partial charge in [-0.2, -0.15) is 5.10 Å². The van der Waals surface area contributed by atoms with Crippen molar-refractivity contribution >= 4 is 27.8 Å². The van der Waals surface area contributed by atoms with Crippen molar-refractivity contribution in [3.63, 3.8) is 0 Å². The highest BCUT2D eigenvalue weighted by atomic mass is 79.9. The van der Waals surface area contributed by atoms with E-state index in [0.717, 1.165) is 15.9 Å². The van der Waals surface area contributed by atoms with E-state index in [9.17, 15) is 4.79 Å². The van der Waals surface area contributed by atoms with E-state index in [1.54, 1.807) is 10.7 Å². The molecule has 2 rings (SSSR count). The number of amides is 1. The molecule has 2 aromatic rings. The number of carbonyl (C=O) groups is 1. The normalized spacial score (nSPS) is 11.3. The number of nitrogens with zero attached hydrogens (tertiary/aromatic N) is 2. The van der Waals surface area contributed by atoms with Gasteiger partial charge in [-0.3, -0.25) is 5.32 Å². The molecule has 0 atom stereocenters. The molecule has 1 N–H and O–H groups in total. The standard InChI is InChI=1S/C15H18BrN3O2/c1-10-8-13(17-14(20)21-15(2,3)4)19(18-10)12-7-5-6-11(16)9-12/h5-9H,1-4H3,(H,17,20). The van der Waals surface area contributed by atoms with Crippen molar-refractivity contribution < 1.29 is 9.53 Å². The van der Waals surface area contributed by atoms with Crippen LogP contribution in [0, 0.1) is 6.92 Å². The van der Waals surface area contributed by atoms with Gasteiger partial charge >= 0.3 is 6.09 Å². The second-order valence-electron chi connectivity index (χ2n) is 5.69. The van der Waals surface area contributed by atoms with Crippen LogP contribution < -0.4 is 5.32 Å². The summed E-state index contributed by atoms with van der Waals surface area (Å²) in [5, 5.41) is 7.13. The van der Waals surface area contributed by atoms with Crippen LogP contribution in [0.4, 0.5) is 10.6 Å². The van der Waals surface area contributed by atoms with Gasteiger partial charge in [0.05, 0.1) is 11.4 Å². The average molecular weight is 352 g/mol. The second kappa shape index (κ2) is 5.89. The Morgan fingerprint density at radius 2 is 2.05 bits per heavy atom. The summed E-state index contributed by atoms with van der Waals surface area (Å²) in [6.07, 6.45) is -0.501. The van der Waals surface area contributed by atoms with E-state index in [2.05, 4.69) is 26.3 Å². The largest absolute Gasteiger partial charge is 0.444 e. The number of hydrogen-bond acceptors (Lipinski definition) is 3. The molecule has 1 aromatic carbocycles. The first kappa shape index (κ1) is 15.6. The Morgan fingerprint density at radius 1 is 1.33 bits per heavy atom. The van der Waals surface area contributed by atoms with Crippen LogP contribution in [0.1, 0.15) is 26.5 Å². The molecule has 0 bridgehead atoms. The summed E-state index contributed by atoms with van der Waals surface area (Å²) >= 11 is 3.43. The van der Waals surface area contributed by atoms with Crippen molar-refractivity contribution in [2.45, 2.75) is 33.3 Å². The van der Waals surface area contributed by atoms with Crippen LogP contribution in [-0.2, 0) is 4.74 Å². The highest BCUT2D eigenvalue weighted by Gasteiger charge is 2.18. The zero-order chi connectivity index (χ0) is 15.6. The number of ether oxygens (including phenoxy) is 1. The molecule has 1 heterocycles. The Balaban J connectivity index is 2.27. The number of halogens is 1. The Morgan fingerprint density at radius 3 is 2.67 bits per heavy atom. The van der Waals surface area contributed by atoms with Gasteiger partial charge < -0.3 is 4.74 Å². The van der Waals surface area contributed by atoms with Gasteiger partial charge in [0.15, 0.2) is 0 Å². The summed E-state index contributed by atoms with van der Waals surface area (Å²) < 4.78 is 7.88. The molecule has 1 amide bonds. The summed E-state index contributed by atoms with van der Waals surface area (Å²) in [5.74, 6) is 0.569. The number of rotatable bonds is 2. The predicted molar refractivity (Wildman–Crippen MR) is 85.9 cm³/mol. The molecule has 5 nitrogen and oxygen atoms in total. The summed E-state index contributed by atoms with van der Waals surface area (Å²) in [6, 6.07) is 9.48. The third-order valence-corrected chi connectivity index (χ3v) is 3.01. The number of carbonyl (C=O) groups excluding carboxylic acids is 1. The predicted octanol–water partition coefficient (Wildman–Crippen LogP) is 4.29. The van der Waals surface area contributed by atoms with Crippen LogP contribution in [0.15, 0.2) is 34.8 Å². The van der Waals surface area contributed by atoms with Gasteiger partial charge in [0.1, 0.15) is 11.4 Å². The van der Waals surface area contributed by atoms with Crippen molar-refractivity contribution in [2.24, 2.45) is 0 Å². The first-order valence-corrected chi connectivity index (χ1v) is 7.36. The molecular weight excluding hydrogens is 334 g/mol. The molecule has 21 heavy (non-hydrogen) atoms. The fourth-order valence-electron chi connectivity index (χ4n) is 1.80. The lowest BCUT2D eigenvalue weighted by atomic mass is 10.2. The molecule has 0 aliphatic heterocycles. The maximum absolute atomic E-state index is 11.9. The molecule has 0 spiro atoms. The quantitative estimate of drug-likeness (QED) is 0.877. The maximum atomic E-state index is 11.9. The summed E-state index contributed by atoms with van der Waals surface area (Å²) in [6.45, 7) is 7.34. The van der Waals surface area contributed by atoms with Crippen molar-refractivity contribution in [2.75, 3.05) is 5.32 Å². The van der Waals surface area contributed by atoms with E-state index in [4.69, 9.17) is 4.74 Å². The minimum atomic E-state index is -0.542. The molecule has 0 aliphatic rings. The lowest BCUT2D eigenvalue weighted by molar-refractivity contribution is 0.0635. The third-order valence-electron chi connectivity index (χ3n) is 2.51. The number of benzene rings is 1. The summed E-state index contributed by atoms with van der Waals surface area (Å²) in [5.41, 5.74) is 1.12. The van der Waals surface area contributed by atoms with E-state index >= 15 is 0 Å². The second-order valence-corrected chi connectivity index (χ2v) is 6.61. The van der Waals surface area contributed by atoms with E-state index in [0.29, 0.717) is 5.82 Å². The van der Waals surface area contributed by atoms with Gasteiger partial charge in [0, 0.05) is 10.5 Å². The van der Waals surface area contributed by atoms with Gasteiger partial charge in [0.2, 0.25) is 0 Å². The number of hydrogen-bond donors (Lipinski definition) is 1. The SMILES string of the molecule is Cc1cc(NC(=O)OC(C)(C)C)n(-c2cccc(Br)c2)n1. The van der Waals surface area contributed by atoms with E-state index in [-0.39, 0.29) is 0 Å². The van der Waals surface area contributed by atoms with Crippen LogP contribution in [-0.4, -0.2) is 21.5 Å². The van der Waals surface area contributed by atoms with Gasteiger partial charge in [-0.25, -0.2) is 9.48 Å². The van der Waals surface area contributed by atoms with Crippen LogP contribution in [0.5, 0.6) is 0 Å². The van der Waals surface area contributed by atoms with Crippen LogP contribution in [0.25, 0.3) is 5.69 Å². The van der Waals surface area contributed by atoms with Gasteiger partial charge in [-0.1, -0.05) is 22.0 Å². The van der Waals surface area contributed by atoms with Crippen molar-refractivity contribution in [1.82, 2.24) is 9.78 Å². The Kier molecular flexibility index (Phi) is 4.37. The topological polar surface area (TPSA) is 56.1 Å². The Labute approximate surface area is 132 Å². The fourth-order valence-corrected chi connectivity index (χ4v) is 2.19. The zero-order valence-electron chi connectivity index (χ0n) is 12.5. The summed E-state index contributed by atoms with van der Waals surface area (Å²) in [7, 11) is 0. The van der Waals surface area contributed by atoms with Crippen LogP contribution in [0.2, 0.25) is 0 Å². The van der Waals surface area contributed by atoms with Crippen LogP contribution >= 0.6 is 15.9 Å². The van der Waals surface area contributed by atoms with Gasteiger partial charge in [-0.05, 0) is 45.9 Å². The molecule has 1 aromatic heterocycles. The molecule has 0 aliphatic carbocycles. The molecular formula is C15H18BrN3O2. The number of aromatic nitrogens is 2. The molecule has 0 saturated carbocycles. The highest BCUT2D eigenvalue weighted by Crippen LogP contribution is 2.21. The minimum absolute atomic E-state index is 0.501. The lowest BCUT2D eigenvalue weighted by Crippen LogP contribution is -2.27. The average Bonchev–Trinajstić information content (AvgIpc) is 2.67. The van der Waals surface area contributed by atoms with E-state index < -0.39 is 11.7 Å². The Bertz CT molecular complexity index is 659. The zero-order valence-corrected chi connectivity index (χ0v) is 14.1. The Hall–Kier alpha value is -1.82. The fraction of sp³-hybridized carbons (Fsp3) is 0.333. The minimum Gasteiger partial charge on any atom is -0.444 e.